The van der Waals surface area contributed by atoms with Crippen LogP contribution in [0.4, 0.5) is 0 Å². The van der Waals surface area contributed by atoms with Gasteiger partial charge >= 0.3 is 0 Å². The predicted octanol–water partition coefficient (Wildman–Crippen LogP) is 2.93. The molecular weight excluding hydrogens is 314 g/mol. The number of nitrogens with one attached hydrogen (secondary N) is 1. The topological polar surface area (TPSA) is 72.2 Å². The number of aryl methyl sites for hydroxylation is 3. The molecule has 1 atom stereocenters. The van der Waals surface area contributed by atoms with E-state index in [1.165, 1.54) is 0 Å². The lowest BCUT2D eigenvalue weighted by molar-refractivity contribution is 0.0925. The molecule has 3 aromatic heterocycles. The van der Waals surface area contributed by atoms with E-state index in [4.69, 9.17) is 0 Å². The summed E-state index contributed by atoms with van der Waals surface area (Å²) in [6.45, 7) is 5.89. The molecule has 1 fully saturated rings. The summed E-state index contributed by atoms with van der Waals surface area (Å²) in [5.41, 5.74) is 4.96. The van der Waals surface area contributed by atoms with Crippen molar-refractivity contribution in [3.05, 3.63) is 58.8 Å². The normalized spacial score (nSPS) is 15.3. The maximum atomic E-state index is 12.8. The lowest BCUT2D eigenvalue weighted by atomic mass is 10.1. The van der Waals surface area contributed by atoms with E-state index in [2.05, 4.69) is 20.4 Å². The molecule has 6 nitrogen and oxygen atoms in total. The van der Waals surface area contributed by atoms with E-state index in [9.17, 15) is 4.79 Å². The predicted molar refractivity (Wildman–Crippen MR) is 94.4 cm³/mol. The van der Waals surface area contributed by atoms with Gasteiger partial charge in [-0.15, -0.1) is 0 Å². The number of aromatic nitrogens is 4. The van der Waals surface area contributed by atoms with Gasteiger partial charge in [-0.1, -0.05) is 0 Å². The van der Waals surface area contributed by atoms with E-state index >= 15 is 0 Å². The number of hydrogen-bond acceptors (Lipinski definition) is 4. The van der Waals surface area contributed by atoms with E-state index in [0.717, 1.165) is 35.5 Å². The van der Waals surface area contributed by atoms with Gasteiger partial charge in [0.25, 0.3) is 5.91 Å². The molecule has 1 aliphatic carbocycles. The lowest BCUT2D eigenvalue weighted by Gasteiger charge is -2.18. The van der Waals surface area contributed by atoms with Gasteiger partial charge in [-0.05, 0) is 63.3 Å². The van der Waals surface area contributed by atoms with Crippen LogP contribution in [-0.2, 0) is 0 Å². The average molecular weight is 335 g/mol. The Morgan fingerprint density at radius 1 is 1.24 bits per heavy atom. The molecule has 0 bridgehead atoms. The van der Waals surface area contributed by atoms with Crippen LogP contribution in [-0.4, -0.2) is 25.5 Å². The van der Waals surface area contributed by atoms with Crippen molar-refractivity contribution in [2.45, 2.75) is 39.7 Å². The van der Waals surface area contributed by atoms with Crippen LogP contribution in [0.25, 0.3) is 5.65 Å². The van der Waals surface area contributed by atoms with Crippen molar-refractivity contribution in [2.75, 3.05) is 0 Å². The fraction of sp³-hybridized carbons (Fsp3) is 0.368. The van der Waals surface area contributed by atoms with Crippen molar-refractivity contribution < 1.29 is 4.79 Å². The molecule has 25 heavy (non-hydrogen) atoms. The van der Waals surface area contributed by atoms with Gasteiger partial charge in [0.1, 0.15) is 5.69 Å². The maximum absolute atomic E-state index is 12.8. The third kappa shape index (κ3) is 3.12. The molecule has 3 aromatic rings. The van der Waals surface area contributed by atoms with E-state index in [1.807, 2.05) is 39.0 Å². The minimum absolute atomic E-state index is 0.0580. The molecule has 0 spiro atoms. The first-order valence-electron chi connectivity index (χ1n) is 8.59. The van der Waals surface area contributed by atoms with E-state index in [-0.39, 0.29) is 11.9 Å². The van der Waals surface area contributed by atoms with Crippen LogP contribution in [0.15, 0.2) is 30.5 Å². The van der Waals surface area contributed by atoms with E-state index in [1.54, 1.807) is 16.8 Å². The van der Waals surface area contributed by atoms with Gasteiger partial charge in [0.2, 0.25) is 0 Å². The highest BCUT2D eigenvalue weighted by molar-refractivity contribution is 5.93. The second-order valence-corrected chi connectivity index (χ2v) is 6.89. The Balaban J connectivity index is 1.63. The van der Waals surface area contributed by atoms with Crippen LogP contribution in [0.1, 0.15) is 52.0 Å². The summed E-state index contributed by atoms with van der Waals surface area (Å²) < 4.78 is 1.76. The number of hydrogen-bond donors (Lipinski definition) is 1. The zero-order valence-electron chi connectivity index (χ0n) is 14.7. The summed E-state index contributed by atoms with van der Waals surface area (Å²) in [4.78, 5) is 21.8. The molecule has 1 saturated carbocycles. The quantitative estimate of drug-likeness (QED) is 0.796. The largest absolute Gasteiger partial charge is 0.342 e. The number of amides is 1. The number of fused-ring (bicyclic) bond motifs is 1. The molecule has 0 saturated heterocycles. The van der Waals surface area contributed by atoms with Crippen molar-refractivity contribution in [2.24, 2.45) is 5.92 Å². The summed E-state index contributed by atoms with van der Waals surface area (Å²) in [7, 11) is 0. The van der Waals surface area contributed by atoms with Crippen LogP contribution in [0, 0.1) is 26.7 Å². The first-order chi connectivity index (χ1) is 12.0. The monoisotopic (exact) mass is 335 g/mol. The minimum Gasteiger partial charge on any atom is -0.342 e. The van der Waals surface area contributed by atoms with Gasteiger partial charge in [0, 0.05) is 18.0 Å². The Kier molecular flexibility index (Phi) is 3.75. The highest BCUT2D eigenvalue weighted by atomic mass is 16.2. The molecule has 0 aliphatic heterocycles. The van der Waals surface area contributed by atoms with Crippen molar-refractivity contribution in [3.8, 4) is 0 Å². The third-order valence-electron chi connectivity index (χ3n) is 4.60. The third-order valence-corrected chi connectivity index (χ3v) is 4.60. The molecule has 4 rings (SSSR count). The molecule has 0 aromatic carbocycles. The molecule has 1 unspecified atom stereocenters. The first kappa shape index (κ1) is 15.7. The fourth-order valence-electron chi connectivity index (χ4n) is 3.16. The van der Waals surface area contributed by atoms with E-state index < -0.39 is 0 Å². The van der Waals surface area contributed by atoms with Crippen LogP contribution in [0.2, 0.25) is 0 Å². The van der Waals surface area contributed by atoms with Crippen LogP contribution in [0.3, 0.4) is 0 Å². The van der Waals surface area contributed by atoms with Gasteiger partial charge in [0.05, 0.1) is 17.4 Å². The number of pyridine rings is 1. The number of carbonyl (C=O) groups excluding carboxylic acids is 1. The summed E-state index contributed by atoms with van der Waals surface area (Å²) in [5, 5.41) is 7.53. The summed E-state index contributed by atoms with van der Waals surface area (Å²) in [6, 6.07) is 7.62. The lowest BCUT2D eigenvalue weighted by Crippen LogP contribution is -2.31. The smallest absolute Gasteiger partial charge is 0.270 e. The number of nitrogens with zero attached hydrogens (tertiary/aromatic N) is 4. The Labute approximate surface area is 146 Å². The standard InChI is InChI=1S/C19H21N5O/c1-11-6-7-20-15(8-11)18(14-4-5-14)22-19(25)16-10-13(3)24-17(21-16)9-12(2)23-24/h6-10,14,18H,4-5H2,1-3H3,(H,22,25). The molecule has 128 valence electrons. The number of rotatable bonds is 4. The van der Waals surface area contributed by atoms with Crippen molar-refractivity contribution in [3.63, 3.8) is 0 Å². The average Bonchev–Trinajstić information content (AvgIpc) is 3.33. The Morgan fingerprint density at radius 2 is 2.04 bits per heavy atom. The highest BCUT2D eigenvalue weighted by Gasteiger charge is 2.34. The molecule has 6 heteroatoms. The van der Waals surface area contributed by atoms with Crippen molar-refractivity contribution in [1.82, 2.24) is 24.9 Å². The molecule has 1 N–H and O–H groups in total. The maximum Gasteiger partial charge on any atom is 0.270 e. The molecule has 1 amide bonds. The summed E-state index contributed by atoms with van der Waals surface area (Å²) in [6.07, 6.45) is 4.04. The first-order valence-corrected chi connectivity index (χ1v) is 8.59. The SMILES string of the molecule is Cc1ccnc(C(NC(=O)c2cc(C)n3nc(C)cc3n2)C2CC2)c1. The number of carbonyl (C=O) groups is 1. The van der Waals surface area contributed by atoms with Crippen molar-refractivity contribution in [1.29, 1.82) is 0 Å². The molecule has 0 radical (unpaired) electrons. The Hall–Kier alpha value is -2.76. The summed E-state index contributed by atoms with van der Waals surface area (Å²) >= 11 is 0. The highest BCUT2D eigenvalue weighted by Crippen LogP contribution is 2.40. The van der Waals surface area contributed by atoms with Crippen LogP contribution in [0.5, 0.6) is 0 Å². The van der Waals surface area contributed by atoms with E-state index in [0.29, 0.717) is 17.3 Å². The Bertz CT molecular complexity index is 958. The van der Waals surface area contributed by atoms with Crippen LogP contribution >= 0.6 is 0 Å². The minimum atomic E-state index is -0.162. The molecule has 1 aliphatic rings. The molecule has 3 heterocycles. The van der Waals surface area contributed by atoms with Gasteiger partial charge < -0.3 is 5.32 Å². The zero-order valence-corrected chi connectivity index (χ0v) is 14.7. The van der Waals surface area contributed by atoms with Gasteiger partial charge in [-0.3, -0.25) is 9.78 Å². The van der Waals surface area contributed by atoms with Gasteiger partial charge in [-0.2, -0.15) is 5.10 Å². The second kappa shape index (κ2) is 5.95. The van der Waals surface area contributed by atoms with Crippen molar-refractivity contribution >= 4 is 11.6 Å². The fourth-order valence-corrected chi connectivity index (χ4v) is 3.16. The second-order valence-electron chi connectivity index (χ2n) is 6.89. The summed E-state index contributed by atoms with van der Waals surface area (Å²) in [5.74, 6) is 0.296. The zero-order chi connectivity index (χ0) is 17.6. The van der Waals surface area contributed by atoms with Crippen LogP contribution < -0.4 is 5.32 Å². The van der Waals surface area contributed by atoms with Gasteiger partial charge in [-0.25, -0.2) is 9.50 Å². The Morgan fingerprint density at radius 3 is 2.76 bits per heavy atom. The molecular formula is C19H21N5O. The van der Waals surface area contributed by atoms with Gasteiger partial charge in [0.15, 0.2) is 5.65 Å².